The molecule has 0 fully saturated rings. The van der Waals surface area contributed by atoms with Crippen molar-refractivity contribution in [3.63, 3.8) is 0 Å². The van der Waals surface area contributed by atoms with Gasteiger partial charge in [-0.1, -0.05) is 0 Å². The van der Waals surface area contributed by atoms with Gasteiger partial charge in [0.15, 0.2) is 9.84 Å². The summed E-state index contributed by atoms with van der Waals surface area (Å²) < 4.78 is 25.1. The summed E-state index contributed by atoms with van der Waals surface area (Å²) in [5.74, 6) is 0.196. The zero-order valence-electron chi connectivity index (χ0n) is 9.76. The lowest BCUT2D eigenvalue weighted by atomic mass is 10.3. The average molecular weight is 245 g/mol. The number of aromatic nitrogens is 2. The zero-order chi connectivity index (χ0) is 12.2. The largest absolute Gasteiger partial charge is 0.328 e. The zero-order valence-corrected chi connectivity index (χ0v) is 10.6. The fraction of sp³-hybridized carbons (Fsp3) is 0.700. The molecule has 0 aliphatic heterocycles. The van der Waals surface area contributed by atoms with Gasteiger partial charge in [-0.25, -0.2) is 8.42 Å². The highest BCUT2D eigenvalue weighted by molar-refractivity contribution is 7.90. The second-order valence-corrected chi connectivity index (χ2v) is 6.25. The standard InChI is InChI=1S/C10H19N3O2S/c1-3-13-7-10(6-12-13)8-16(14,15)5-4-9(2)11/h6-7,9H,3-5,8,11H2,1-2H3. The lowest BCUT2D eigenvalue weighted by Gasteiger charge is -2.05. The molecule has 1 rings (SSSR count). The highest BCUT2D eigenvalue weighted by Gasteiger charge is 2.14. The highest BCUT2D eigenvalue weighted by atomic mass is 32.2. The Kier molecular flexibility index (Phi) is 4.49. The molecule has 6 heteroatoms. The average Bonchev–Trinajstić information content (AvgIpc) is 2.62. The Morgan fingerprint density at radius 3 is 2.75 bits per heavy atom. The van der Waals surface area contributed by atoms with E-state index in [4.69, 9.17) is 5.73 Å². The third kappa shape index (κ3) is 4.32. The van der Waals surface area contributed by atoms with Crippen LogP contribution in [0.4, 0.5) is 0 Å². The van der Waals surface area contributed by atoms with Crippen LogP contribution in [0.1, 0.15) is 25.8 Å². The van der Waals surface area contributed by atoms with Gasteiger partial charge in [0.25, 0.3) is 0 Å². The Bertz CT molecular complexity index is 423. The molecule has 1 unspecified atom stereocenters. The first-order valence-corrected chi connectivity index (χ1v) is 7.22. The van der Waals surface area contributed by atoms with E-state index in [2.05, 4.69) is 5.10 Å². The van der Waals surface area contributed by atoms with Crippen molar-refractivity contribution in [2.45, 2.75) is 38.6 Å². The predicted molar refractivity (Wildman–Crippen MR) is 63.7 cm³/mol. The molecule has 0 spiro atoms. The third-order valence-electron chi connectivity index (χ3n) is 2.28. The smallest absolute Gasteiger partial charge is 0.154 e. The van der Waals surface area contributed by atoms with Crippen molar-refractivity contribution in [2.75, 3.05) is 5.75 Å². The summed E-state index contributed by atoms with van der Waals surface area (Å²) in [6.45, 7) is 4.52. The van der Waals surface area contributed by atoms with Crippen LogP contribution in [0.25, 0.3) is 0 Å². The predicted octanol–water partition coefficient (Wildman–Crippen LogP) is 0.555. The first-order chi connectivity index (χ1) is 7.43. The van der Waals surface area contributed by atoms with Gasteiger partial charge in [0.1, 0.15) is 0 Å². The minimum atomic E-state index is -3.06. The number of sulfone groups is 1. The Morgan fingerprint density at radius 2 is 2.25 bits per heavy atom. The molecule has 16 heavy (non-hydrogen) atoms. The van der Waals surface area contributed by atoms with E-state index in [0.717, 1.165) is 12.1 Å². The minimum absolute atomic E-state index is 0.0553. The molecule has 0 radical (unpaired) electrons. The number of hydrogen-bond donors (Lipinski definition) is 1. The van der Waals surface area contributed by atoms with Crippen molar-refractivity contribution in [1.82, 2.24) is 9.78 Å². The van der Waals surface area contributed by atoms with Crippen LogP contribution in [0.3, 0.4) is 0 Å². The van der Waals surface area contributed by atoms with Crippen LogP contribution in [0.5, 0.6) is 0 Å². The molecule has 0 amide bonds. The number of rotatable bonds is 6. The van der Waals surface area contributed by atoms with Crippen molar-refractivity contribution in [3.05, 3.63) is 18.0 Å². The van der Waals surface area contributed by atoms with Crippen molar-refractivity contribution in [2.24, 2.45) is 5.73 Å². The van der Waals surface area contributed by atoms with Crippen LogP contribution in [-0.2, 0) is 22.1 Å². The van der Waals surface area contributed by atoms with Gasteiger partial charge in [-0.3, -0.25) is 4.68 Å². The van der Waals surface area contributed by atoms with Gasteiger partial charge in [0.05, 0.1) is 17.7 Å². The fourth-order valence-electron chi connectivity index (χ4n) is 1.35. The third-order valence-corrected chi connectivity index (χ3v) is 3.91. The molecule has 0 aliphatic carbocycles. The Balaban J connectivity index is 2.58. The topological polar surface area (TPSA) is 78.0 Å². The van der Waals surface area contributed by atoms with E-state index >= 15 is 0 Å². The van der Waals surface area contributed by atoms with E-state index in [1.54, 1.807) is 17.1 Å². The highest BCUT2D eigenvalue weighted by Crippen LogP contribution is 2.07. The Morgan fingerprint density at radius 1 is 1.56 bits per heavy atom. The van der Waals surface area contributed by atoms with Crippen LogP contribution in [-0.4, -0.2) is 30.0 Å². The molecule has 0 aliphatic rings. The van der Waals surface area contributed by atoms with Gasteiger partial charge in [0, 0.05) is 24.3 Å². The molecule has 5 nitrogen and oxygen atoms in total. The summed E-state index contributed by atoms with van der Waals surface area (Å²) in [5.41, 5.74) is 6.28. The molecule has 0 bridgehead atoms. The first kappa shape index (κ1) is 13.2. The van der Waals surface area contributed by atoms with Crippen LogP contribution in [0.15, 0.2) is 12.4 Å². The van der Waals surface area contributed by atoms with E-state index in [9.17, 15) is 8.42 Å². The van der Waals surface area contributed by atoms with Crippen molar-refractivity contribution in [3.8, 4) is 0 Å². The molecular formula is C10H19N3O2S. The van der Waals surface area contributed by atoms with E-state index in [0.29, 0.717) is 6.42 Å². The number of nitrogens with two attached hydrogens (primary N) is 1. The maximum absolute atomic E-state index is 11.7. The van der Waals surface area contributed by atoms with Crippen LogP contribution in [0, 0.1) is 0 Å². The summed E-state index contributed by atoms with van der Waals surface area (Å²) in [6, 6.07) is -0.0758. The number of aryl methyl sites for hydroxylation is 1. The molecule has 0 saturated carbocycles. The minimum Gasteiger partial charge on any atom is -0.328 e. The Labute approximate surface area is 96.6 Å². The van der Waals surface area contributed by atoms with Gasteiger partial charge in [-0.15, -0.1) is 0 Å². The lowest BCUT2D eigenvalue weighted by Crippen LogP contribution is -2.20. The van der Waals surface area contributed by atoms with Gasteiger partial charge in [0.2, 0.25) is 0 Å². The van der Waals surface area contributed by atoms with Crippen LogP contribution >= 0.6 is 0 Å². The fourth-order valence-corrected chi connectivity index (χ4v) is 2.88. The van der Waals surface area contributed by atoms with Crippen molar-refractivity contribution < 1.29 is 8.42 Å². The maximum atomic E-state index is 11.7. The maximum Gasteiger partial charge on any atom is 0.154 e. The lowest BCUT2D eigenvalue weighted by molar-refractivity contribution is 0.586. The van der Waals surface area contributed by atoms with E-state index < -0.39 is 9.84 Å². The number of hydrogen-bond acceptors (Lipinski definition) is 4. The molecule has 0 saturated heterocycles. The molecular weight excluding hydrogens is 226 g/mol. The first-order valence-electron chi connectivity index (χ1n) is 5.40. The molecule has 0 aromatic carbocycles. The Hall–Kier alpha value is -0.880. The van der Waals surface area contributed by atoms with Crippen molar-refractivity contribution >= 4 is 9.84 Å². The van der Waals surface area contributed by atoms with Crippen LogP contribution in [0.2, 0.25) is 0 Å². The normalized spacial score (nSPS) is 13.9. The summed E-state index contributed by atoms with van der Waals surface area (Å²) >= 11 is 0. The molecule has 2 N–H and O–H groups in total. The number of nitrogens with zero attached hydrogens (tertiary/aromatic N) is 2. The van der Waals surface area contributed by atoms with Gasteiger partial charge < -0.3 is 5.73 Å². The molecule has 92 valence electrons. The molecule has 1 aromatic heterocycles. The molecule has 1 heterocycles. The summed E-state index contributed by atoms with van der Waals surface area (Å²) in [6.07, 6.45) is 3.88. The second kappa shape index (κ2) is 5.45. The summed E-state index contributed by atoms with van der Waals surface area (Å²) in [4.78, 5) is 0. The summed E-state index contributed by atoms with van der Waals surface area (Å²) in [5, 5.41) is 4.04. The SMILES string of the molecule is CCn1cc(CS(=O)(=O)CCC(C)N)cn1. The molecule has 1 aromatic rings. The van der Waals surface area contributed by atoms with Gasteiger partial charge >= 0.3 is 0 Å². The van der Waals surface area contributed by atoms with Crippen LogP contribution < -0.4 is 5.73 Å². The second-order valence-electron chi connectivity index (χ2n) is 4.06. The monoisotopic (exact) mass is 245 g/mol. The summed E-state index contributed by atoms with van der Waals surface area (Å²) in [7, 11) is -3.06. The van der Waals surface area contributed by atoms with E-state index in [1.165, 1.54) is 0 Å². The van der Waals surface area contributed by atoms with E-state index in [-0.39, 0.29) is 17.5 Å². The van der Waals surface area contributed by atoms with Crippen molar-refractivity contribution in [1.29, 1.82) is 0 Å². The quantitative estimate of drug-likeness (QED) is 0.794. The molecule has 1 atom stereocenters. The van der Waals surface area contributed by atoms with Gasteiger partial charge in [-0.05, 0) is 20.3 Å². The van der Waals surface area contributed by atoms with Gasteiger partial charge in [-0.2, -0.15) is 5.10 Å². The van der Waals surface area contributed by atoms with E-state index in [1.807, 2.05) is 13.8 Å².